The van der Waals surface area contributed by atoms with Crippen LogP contribution in [0.25, 0.3) is 106 Å². The van der Waals surface area contributed by atoms with E-state index < -0.39 is 0 Å². The van der Waals surface area contributed by atoms with Crippen LogP contribution in [0.5, 0.6) is 0 Å². The maximum atomic E-state index is 6.56. The lowest BCUT2D eigenvalue weighted by molar-refractivity contribution is 0.661. The molecule has 59 heavy (non-hydrogen) atoms. The zero-order valence-corrected chi connectivity index (χ0v) is 32.5. The maximum Gasteiger partial charge on any atom is 0.164 e. The SMILES string of the molecule is CC1(C)c2ccccc2-c2cc3c4ccc5oc6ccccc6c5c4n(-c4cc(-c5ccccc5)cc(-c5nc(-c6ccccc6)nc(-c6ccccc6)n5)c4)c3cc21. The minimum absolute atomic E-state index is 0.178. The Bertz CT molecular complexity index is 3400. The molecular weight excluding hydrogens is 721 g/mol. The van der Waals surface area contributed by atoms with E-state index >= 15 is 0 Å². The number of fused-ring (bicyclic) bond motifs is 10. The average Bonchev–Trinajstić information content (AvgIpc) is 3.91. The van der Waals surface area contributed by atoms with Crippen molar-refractivity contribution >= 4 is 43.7 Å². The number of hydrogen-bond acceptors (Lipinski definition) is 4. The van der Waals surface area contributed by atoms with Crippen LogP contribution in [-0.4, -0.2) is 19.5 Å². The number of nitrogens with zero attached hydrogens (tertiary/aromatic N) is 4. The quantitative estimate of drug-likeness (QED) is 0.175. The van der Waals surface area contributed by atoms with Gasteiger partial charge < -0.3 is 8.98 Å². The first-order valence-corrected chi connectivity index (χ1v) is 20.1. The lowest BCUT2D eigenvalue weighted by atomic mass is 9.82. The van der Waals surface area contributed by atoms with Gasteiger partial charge in [0.2, 0.25) is 0 Å². The summed E-state index contributed by atoms with van der Waals surface area (Å²) >= 11 is 0. The van der Waals surface area contributed by atoms with Crippen molar-refractivity contribution < 1.29 is 4.42 Å². The summed E-state index contributed by atoms with van der Waals surface area (Å²) in [5.41, 5.74) is 15.0. The Balaban J connectivity index is 1.21. The second-order valence-electron chi connectivity index (χ2n) is 16.0. The largest absolute Gasteiger partial charge is 0.456 e. The highest BCUT2D eigenvalue weighted by Crippen LogP contribution is 2.52. The van der Waals surface area contributed by atoms with Gasteiger partial charge in [-0.15, -0.1) is 0 Å². The molecule has 0 fully saturated rings. The monoisotopic (exact) mass is 756 g/mol. The summed E-state index contributed by atoms with van der Waals surface area (Å²) in [5.74, 6) is 1.86. The topological polar surface area (TPSA) is 56.7 Å². The van der Waals surface area contributed by atoms with E-state index in [9.17, 15) is 0 Å². The van der Waals surface area contributed by atoms with E-state index in [4.69, 9.17) is 19.4 Å². The van der Waals surface area contributed by atoms with Gasteiger partial charge in [-0.05, 0) is 81.9 Å². The van der Waals surface area contributed by atoms with Crippen LogP contribution in [-0.2, 0) is 5.41 Å². The van der Waals surface area contributed by atoms with Crippen molar-refractivity contribution in [2.45, 2.75) is 19.3 Å². The molecule has 0 bridgehead atoms. The lowest BCUT2D eigenvalue weighted by Crippen LogP contribution is -2.15. The molecule has 5 nitrogen and oxygen atoms in total. The van der Waals surface area contributed by atoms with Gasteiger partial charge in [-0.2, -0.15) is 0 Å². The smallest absolute Gasteiger partial charge is 0.164 e. The van der Waals surface area contributed by atoms with Gasteiger partial charge in [0.15, 0.2) is 17.5 Å². The number of benzene rings is 8. The minimum Gasteiger partial charge on any atom is -0.456 e. The average molecular weight is 757 g/mol. The summed E-state index contributed by atoms with van der Waals surface area (Å²) in [7, 11) is 0. The maximum absolute atomic E-state index is 6.56. The van der Waals surface area contributed by atoms with E-state index in [0.717, 1.165) is 66.5 Å². The second kappa shape index (κ2) is 12.7. The van der Waals surface area contributed by atoms with Crippen LogP contribution in [0.1, 0.15) is 25.0 Å². The lowest BCUT2D eigenvalue weighted by Gasteiger charge is -2.22. The summed E-state index contributed by atoms with van der Waals surface area (Å²) in [6.07, 6.45) is 0. The van der Waals surface area contributed by atoms with E-state index in [1.54, 1.807) is 0 Å². The Labute approximate surface area is 340 Å². The molecule has 3 aromatic heterocycles. The first-order valence-electron chi connectivity index (χ1n) is 20.1. The van der Waals surface area contributed by atoms with Crippen LogP contribution in [0, 0.1) is 0 Å². The predicted molar refractivity (Wildman–Crippen MR) is 241 cm³/mol. The molecule has 12 rings (SSSR count). The molecule has 0 N–H and O–H groups in total. The third kappa shape index (κ3) is 5.14. The molecular formula is C54H36N4O. The number of aromatic nitrogens is 4. The van der Waals surface area contributed by atoms with Gasteiger partial charge in [0, 0.05) is 44.0 Å². The second-order valence-corrected chi connectivity index (χ2v) is 16.0. The van der Waals surface area contributed by atoms with Crippen molar-refractivity contribution in [2.75, 3.05) is 0 Å². The molecule has 0 unspecified atom stereocenters. The number of furan rings is 1. The number of rotatable bonds is 5. The van der Waals surface area contributed by atoms with Gasteiger partial charge in [-0.25, -0.2) is 15.0 Å². The molecule has 1 aliphatic rings. The van der Waals surface area contributed by atoms with Crippen LogP contribution in [0.3, 0.4) is 0 Å². The van der Waals surface area contributed by atoms with E-state index in [0.29, 0.717) is 17.5 Å². The predicted octanol–water partition coefficient (Wildman–Crippen LogP) is 13.8. The Morgan fingerprint density at radius 2 is 1.02 bits per heavy atom. The highest BCUT2D eigenvalue weighted by molar-refractivity contribution is 6.25. The number of para-hydroxylation sites is 1. The summed E-state index contributed by atoms with van der Waals surface area (Å²) in [4.78, 5) is 15.4. The van der Waals surface area contributed by atoms with Crippen molar-refractivity contribution in [3.8, 4) is 62.1 Å². The Morgan fingerprint density at radius 3 is 1.73 bits per heavy atom. The zero-order chi connectivity index (χ0) is 39.2. The Hall–Kier alpha value is -7.63. The third-order valence-corrected chi connectivity index (χ3v) is 12.2. The molecule has 5 heteroatoms. The third-order valence-electron chi connectivity index (χ3n) is 12.2. The fraction of sp³-hybridized carbons (Fsp3) is 0.0556. The van der Waals surface area contributed by atoms with E-state index in [-0.39, 0.29) is 5.41 Å². The van der Waals surface area contributed by atoms with Crippen molar-refractivity contribution in [3.05, 3.63) is 193 Å². The summed E-state index contributed by atoms with van der Waals surface area (Å²) < 4.78 is 9.02. The van der Waals surface area contributed by atoms with Gasteiger partial charge in [0.25, 0.3) is 0 Å². The molecule has 0 saturated heterocycles. The fourth-order valence-corrected chi connectivity index (χ4v) is 9.38. The van der Waals surface area contributed by atoms with Crippen LogP contribution < -0.4 is 0 Å². The Morgan fingerprint density at radius 1 is 0.424 bits per heavy atom. The van der Waals surface area contributed by atoms with E-state index in [2.05, 4.69) is 158 Å². The Kier molecular flexibility index (Phi) is 7.20. The molecule has 0 aliphatic heterocycles. The fourth-order valence-electron chi connectivity index (χ4n) is 9.38. The summed E-state index contributed by atoms with van der Waals surface area (Å²) in [5, 5.41) is 4.56. The molecule has 3 heterocycles. The molecule has 8 aromatic carbocycles. The zero-order valence-electron chi connectivity index (χ0n) is 32.5. The van der Waals surface area contributed by atoms with Crippen molar-refractivity contribution in [1.82, 2.24) is 19.5 Å². The van der Waals surface area contributed by atoms with Crippen molar-refractivity contribution in [3.63, 3.8) is 0 Å². The van der Waals surface area contributed by atoms with Gasteiger partial charge in [0.05, 0.1) is 16.4 Å². The molecule has 0 atom stereocenters. The van der Waals surface area contributed by atoms with Gasteiger partial charge >= 0.3 is 0 Å². The van der Waals surface area contributed by atoms with Crippen LogP contribution in [0.15, 0.2) is 186 Å². The molecule has 0 amide bonds. The van der Waals surface area contributed by atoms with Gasteiger partial charge in [0.1, 0.15) is 11.2 Å². The highest BCUT2D eigenvalue weighted by Gasteiger charge is 2.36. The van der Waals surface area contributed by atoms with Gasteiger partial charge in [-0.3, -0.25) is 0 Å². The van der Waals surface area contributed by atoms with Crippen LogP contribution in [0.4, 0.5) is 0 Å². The molecule has 0 saturated carbocycles. The minimum atomic E-state index is -0.178. The van der Waals surface area contributed by atoms with Crippen LogP contribution >= 0.6 is 0 Å². The molecule has 0 radical (unpaired) electrons. The van der Waals surface area contributed by atoms with Crippen LogP contribution in [0.2, 0.25) is 0 Å². The van der Waals surface area contributed by atoms with E-state index in [1.165, 1.54) is 33.0 Å². The normalized spacial score (nSPS) is 13.1. The summed E-state index contributed by atoms with van der Waals surface area (Å²) in [6.45, 7) is 4.70. The molecule has 278 valence electrons. The van der Waals surface area contributed by atoms with Gasteiger partial charge in [-0.1, -0.05) is 147 Å². The highest BCUT2D eigenvalue weighted by atomic mass is 16.3. The van der Waals surface area contributed by atoms with Crippen molar-refractivity contribution in [1.29, 1.82) is 0 Å². The molecule has 0 spiro atoms. The first kappa shape index (κ1) is 33.5. The van der Waals surface area contributed by atoms with E-state index in [1.807, 2.05) is 42.5 Å². The first-order chi connectivity index (χ1) is 29.0. The van der Waals surface area contributed by atoms with Crippen molar-refractivity contribution in [2.24, 2.45) is 0 Å². The standard InChI is InChI=1S/C54H36N4O/c1-54(2)44-24-14-12-22-39(44)42-31-43-40-26-27-48-49(41-23-13-15-25-47(41)59-48)50(40)58(46(43)32-45(42)54)38-29-36(33-16-6-3-7-17-33)28-37(30-38)53-56-51(34-18-8-4-9-19-34)55-52(57-53)35-20-10-5-11-21-35/h3-32H,1-2H3. The number of hydrogen-bond donors (Lipinski definition) is 0. The summed E-state index contributed by atoms with van der Waals surface area (Å²) in [6, 6.07) is 64.2. The molecule has 1 aliphatic carbocycles. The molecule has 11 aromatic rings.